The fraction of sp³-hybridized carbons (Fsp3) is 0.583. The van der Waals surface area contributed by atoms with Crippen LogP contribution in [0.4, 0.5) is 0 Å². The third-order valence-electron chi connectivity index (χ3n) is 2.40. The van der Waals surface area contributed by atoms with Crippen molar-refractivity contribution in [2.45, 2.75) is 40.0 Å². The summed E-state index contributed by atoms with van der Waals surface area (Å²) in [5.41, 5.74) is 2.65. The molecular weight excluding hydrogens is 158 g/mol. The standard InChI is InChI=1S/C12H17N/c1-10-4-6-11(7-5-10)8-12(2,3)9-13/h4,7H,5-6,8H2,1-3H3. The second-order valence-corrected chi connectivity index (χ2v) is 4.49. The molecule has 0 saturated heterocycles. The average molecular weight is 175 g/mol. The largest absolute Gasteiger partial charge is 0.198 e. The maximum absolute atomic E-state index is 8.88. The lowest BCUT2D eigenvalue weighted by Crippen LogP contribution is -2.09. The van der Waals surface area contributed by atoms with Crippen molar-refractivity contribution in [2.24, 2.45) is 5.41 Å². The average Bonchev–Trinajstić information content (AvgIpc) is 2.09. The summed E-state index contributed by atoms with van der Waals surface area (Å²) in [4.78, 5) is 0. The Morgan fingerprint density at radius 3 is 2.54 bits per heavy atom. The third kappa shape index (κ3) is 3.06. The van der Waals surface area contributed by atoms with Crippen LogP contribution in [0, 0.1) is 16.7 Å². The fourth-order valence-electron chi connectivity index (χ4n) is 1.53. The Morgan fingerprint density at radius 1 is 1.38 bits per heavy atom. The van der Waals surface area contributed by atoms with Gasteiger partial charge >= 0.3 is 0 Å². The van der Waals surface area contributed by atoms with E-state index in [1.165, 1.54) is 11.1 Å². The van der Waals surface area contributed by atoms with Crippen LogP contribution in [0.5, 0.6) is 0 Å². The molecule has 13 heavy (non-hydrogen) atoms. The van der Waals surface area contributed by atoms with E-state index < -0.39 is 0 Å². The van der Waals surface area contributed by atoms with Gasteiger partial charge in [-0.2, -0.15) is 5.26 Å². The minimum atomic E-state index is -0.203. The summed E-state index contributed by atoms with van der Waals surface area (Å²) in [6.07, 6.45) is 7.55. The number of nitrogens with zero attached hydrogens (tertiary/aromatic N) is 1. The van der Waals surface area contributed by atoms with E-state index in [9.17, 15) is 0 Å². The van der Waals surface area contributed by atoms with Gasteiger partial charge in [-0.05, 0) is 40.0 Å². The van der Waals surface area contributed by atoms with Gasteiger partial charge in [-0.1, -0.05) is 23.3 Å². The van der Waals surface area contributed by atoms with Crippen LogP contribution in [-0.4, -0.2) is 0 Å². The second kappa shape index (κ2) is 3.79. The maximum Gasteiger partial charge on any atom is 0.0687 e. The van der Waals surface area contributed by atoms with Gasteiger partial charge in [-0.3, -0.25) is 0 Å². The molecule has 0 N–H and O–H groups in total. The van der Waals surface area contributed by atoms with Crippen LogP contribution < -0.4 is 0 Å². The predicted molar refractivity (Wildman–Crippen MR) is 55.1 cm³/mol. The summed E-state index contributed by atoms with van der Waals surface area (Å²) < 4.78 is 0. The molecule has 0 saturated carbocycles. The first-order valence-corrected chi connectivity index (χ1v) is 4.78. The lowest BCUT2D eigenvalue weighted by Gasteiger charge is -2.19. The van der Waals surface area contributed by atoms with E-state index in [0.717, 1.165) is 19.3 Å². The van der Waals surface area contributed by atoms with Gasteiger partial charge in [0.25, 0.3) is 0 Å². The highest BCUT2D eigenvalue weighted by molar-refractivity contribution is 5.22. The zero-order chi connectivity index (χ0) is 9.90. The van der Waals surface area contributed by atoms with Crippen LogP contribution in [0.2, 0.25) is 0 Å². The number of hydrogen-bond acceptors (Lipinski definition) is 1. The molecule has 1 nitrogen and oxygen atoms in total. The molecule has 0 amide bonds. The molecule has 0 aromatic rings. The summed E-state index contributed by atoms with van der Waals surface area (Å²) in [6, 6.07) is 2.34. The lowest BCUT2D eigenvalue weighted by atomic mass is 9.84. The molecule has 1 aliphatic rings. The third-order valence-corrected chi connectivity index (χ3v) is 2.40. The zero-order valence-electron chi connectivity index (χ0n) is 8.72. The SMILES string of the molecule is CC1=CCC(CC(C)(C)C#N)=CC1. The van der Waals surface area contributed by atoms with E-state index in [0.29, 0.717) is 0 Å². The van der Waals surface area contributed by atoms with Crippen LogP contribution in [0.15, 0.2) is 23.3 Å². The Labute approximate surface area is 80.8 Å². The normalized spacial score (nSPS) is 17.4. The van der Waals surface area contributed by atoms with Crippen molar-refractivity contribution in [1.29, 1.82) is 5.26 Å². The van der Waals surface area contributed by atoms with Crippen molar-refractivity contribution in [1.82, 2.24) is 0 Å². The molecule has 0 atom stereocenters. The number of allylic oxidation sites excluding steroid dienone is 4. The number of hydrogen-bond donors (Lipinski definition) is 0. The molecule has 0 aromatic carbocycles. The van der Waals surface area contributed by atoms with E-state index >= 15 is 0 Å². The molecular formula is C12H17N. The molecule has 0 radical (unpaired) electrons. The first-order chi connectivity index (χ1) is 6.03. The van der Waals surface area contributed by atoms with Crippen LogP contribution in [0.3, 0.4) is 0 Å². The van der Waals surface area contributed by atoms with Crippen molar-refractivity contribution in [3.05, 3.63) is 23.3 Å². The molecule has 1 heteroatoms. The topological polar surface area (TPSA) is 23.8 Å². The first-order valence-electron chi connectivity index (χ1n) is 4.78. The maximum atomic E-state index is 8.88. The van der Waals surface area contributed by atoms with E-state index in [1.54, 1.807) is 0 Å². The Balaban J connectivity index is 2.54. The van der Waals surface area contributed by atoms with Crippen LogP contribution in [-0.2, 0) is 0 Å². The van der Waals surface area contributed by atoms with Gasteiger partial charge in [-0.15, -0.1) is 0 Å². The van der Waals surface area contributed by atoms with Crippen LogP contribution in [0.1, 0.15) is 40.0 Å². The fourth-order valence-corrected chi connectivity index (χ4v) is 1.53. The van der Waals surface area contributed by atoms with Gasteiger partial charge in [0.05, 0.1) is 11.5 Å². The van der Waals surface area contributed by atoms with E-state index in [4.69, 9.17) is 5.26 Å². The molecule has 0 heterocycles. The highest BCUT2D eigenvalue weighted by atomic mass is 14.3. The van der Waals surface area contributed by atoms with Crippen molar-refractivity contribution in [3.8, 4) is 6.07 Å². The summed E-state index contributed by atoms with van der Waals surface area (Å²) >= 11 is 0. The Kier molecular flexibility index (Phi) is 2.93. The molecule has 0 unspecified atom stereocenters. The van der Waals surface area contributed by atoms with Crippen molar-refractivity contribution >= 4 is 0 Å². The zero-order valence-corrected chi connectivity index (χ0v) is 8.72. The van der Waals surface area contributed by atoms with E-state index in [1.807, 2.05) is 13.8 Å². The Morgan fingerprint density at radius 2 is 2.08 bits per heavy atom. The van der Waals surface area contributed by atoms with Crippen LogP contribution in [0.25, 0.3) is 0 Å². The van der Waals surface area contributed by atoms with Gasteiger partial charge < -0.3 is 0 Å². The summed E-state index contributed by atoms with van der Waals surface area (Å²) in [6.45, 7) is 6.15. The van der Waals surface area contributed by atoms with E-state index in [2.05, 4.69) is 25.1 Å². The molecule has 0 aromatic heterocycles. The van der Waals surface area contributed by atoms with Gasteiger partial charge in [-0.25, -0.2) is 0 Å². The smallest absolute Gasteiger partial charge is 0.0687 e. The highest BCUT2D eigenvalue weighted by Crippen LogP contribution is 2.29. The van der Waals surface area contributed by atoms with Crippen molar-refractivity contribution < 1.29 is 0 Å². The van der Waals surface area contributed by atoms with Crippen LogP contribution >= 0.6 is 0 Å². The molecule has 0 spiro atoms. The minimum Gasteiger partial charge on any atom is -0.198 e. The summed E-state index contributed by atoms with van der Waals surface area (Å²) in [5, 5.41) is 8.88. The minimum absolute atomic E-state index is 0.203. The number of nitriles is 1. The summed E-state index contributed by atoms with van der Waals surface area (Å²) in [7, 11) is 0. The van der Waals surface area contributed by atoms with E-state index in [-0.39, 0.29) is 5.41 Å². The summed E-state index contributed by atoms with van der Waals surface area (Å²) in [5.74, 6) is 0. The first kappa shape index (κ1) is 10.1. The Hall–Kier alpha value is -1.03. The highest BCUT2D eigenvalue weighted by Gasteiger charge is 2.18. The predicted octanol–water partition coefficient (Wildman–Crippen LogP) is 3.59. The second-order valence-electron chi connectivity index (χ2n) is 4.49. The van der Waals surface area contributed by atoms with Crippen molar-refractivity contribution in [2.75, 3.05) is 0 Å². The Bertz CT molecular complexity index is 287. The van der Waals surface area contributed by atoms with Gasteiger partial charge in [0, 0.05) is 0 Å². The van der Waals surface area contributed by atoms with Gasteiger partial charge in [0.2, 0.25) is 0 Å². The van der Waals surface area contributed by atoms with Crippen molar-refractivity contribution in [3.63, 3.8) is 0 Å². The number of rotatable bonds is 2. The quantitative estimate of drug-likeness (QED) is 0.588. The lowest BCUT2D eigenvalue weighted by molar-refractivity contribution is 0.485. The molecule has 70 valence electrons. The molecule has 0 bridgehead atoms. The monoisotopic (exact) mass is 175 g/mol. The van der Waals surface area contributed by atoms with Gasteiger partial charge in [0.1, 0.15) is 0 Å². The molecule has 0 aliphatic heterocycles. The molecule has 1 aliphatic carbocycles. The van der Waals surface area contributed by atoms with Gasteiger partial charge in [0.15, 0.2) is 0 Å². The molecule has 1 rings (SSSR count). The molecule has 0 fully saturated rings.